The van der Waals surface area contributed by atoms with Gasteiger partial charge in [0.25, 0.3) is 0 Å². The van der Waals surface area contributed by atoms with Gasteiger partial charge in [0.2, 0.25) is 5.91 Å². The second kappa shape index (κ2) is 10.2. The summed E-state index contributed by atoms with van der Waals surface area (Å²) in [5.74, 6) is -0.188. The van der Waals surface area contributed by atoms with Crippen LogP contribution in [-0.2, 0) is 14.3 Å². The number of hydrogen-bond donors (Lipinski definition) is 3. The molecule has 1 atom stereocenters. The zero-order valence-corrected chi connectivity index (χ0v) is 10.6. The van der Waals surface area contributed by atoms with E-state index in [1.54, 1.807) is 0 Å². The van der Waals surface area contributed by atoms with Crippen molar-refractivity contribution in [2.75, 3.05) is 33.4 Å². The molecule has 0 spiro atoms. The second-order valence-corrected chi connectivity index (χ2v) is 3.82. The first-order chi connectivity index (χ1) is 8.07. The van der Waals surface area contributed by atoms with Crippen LogP contribution in [-0.4, -0.2) is 51.1 Å². The summed E-state index contributed by atoms with van der Waals surface area (Å²) in [5.41, 5.74) is 5.51. The van der Waals surface area contributed by atoms with Crippen molar-refractivity contribution < 1.29 is 14.3 Å². The number of ether oxygens (including phenoxy) is 1. The van der Waals surface area contributed by atoms with Crippen LogP contribution in [0.1, 0.15) is 19.8 Å². The average Bonchev–Trinajstić information content (AvgIpc) is 2.30. The van der Waals surface area contributed by atoms with Crippen LogP contribution < -0.4 is 16.4 Å². The monoisotopic (exact) mass is 245 g/mol. The number of ketones is 1. The van der Waals surface area contributed by atoms with Gasteiger partial charge in [-0.15, -0.1) is 0 Å². The lowest BCUT2D eigenvalue weighted by Gasteiger charge is -2.08. The lowest BCUT2D eigenvalue weighted by atomic mass is 10.1. The minimum atomic E-state index is -0.535. The predicted molar refractivity (Wildman–Crippen MR) is 65.6 cm³/mol. The van der Waals surface area contributed by atoms with Crippen LogP contribution in [0.3, 0.4) is 0 Å². The highest BCUT2D eigenvalue weighted by atomic mass is 16.5. The third-order valence-electron chi connectivity index (χ3n) is 2.27. The minimum Gasteiger partial charge on any atom is -0.378 e. The first kappa shape index (κ1) is 16.0. The summed E-state index contributed by atoms with van der Waals surface area (Å²) in [6.07, 6.45) is 0.666. The molecule has 0 radical (unpaired) electrons. The number of carbonyl (C=O) groups excluding carboxylic acids is 2. The van der Waals surface area contributed by atoms with Crippen LogP contribution in [0, 0.1) is 0 Å². The molecule has 0 rings (SSSR count). The normalized spacial score (nSPS) is 12.2. The topological polar surface area (TPSA) is 93.4 Å². The molecule has 1 unspecified atom stereocenters. The van der Waals surface area contributed by atoms with Gasteiger partial charge in [-0.25, -0.2) is 0 Å². The van der Waals surface area contributed by atoms with E-state index in [1.165, 1.54) is 6.92 Å². The fraction of sp³-hybridized carbons (Fsp3) is 0.818. The van der Waals surface area contributed by atoms with Crippen molar-refractivity contribution in [2.45, 2.75) is 25.8 Å². The number of amides is 1. The maximum atomic E-state index is 11.3. The summed E-state index contributed by atoms with van der Waals surface area (Å²) in [7, 11) is 1.85. The number of nitrogens with two attached hydrogens (primary N) is 1. The molecule has 0 aromatic heterocycles. The van der Waals surface area contributed by atoms with E-state index < -0.39 is 6.04 Å². The number of nitrogens with one attached hydrogen (secondary N) is 2. The van der Waals surface area contributed by atoms with Crippen molar-refractivity contribution in [3.63, 3.8) is 0 Å². The predicted octanol–water partition coefficient (Wildman–Crippen LogP) is -0.965. The van der Waals surface area contributed by atoms with Crippen LogP contribution in [0.5, 0.6) is 0 Å². The average molecular weight is 245 g/mol. The van der Waals surface area contributed by atoms with E-state index in [9.17, 15) is 9.59 Å². The van der Waals surface area contributed by atoms with E-state index in [0.29, 0.717) is 26.2 Å². The number of likely N-dealkylation sites (N-methyl/N-ethyl adjacent to an activating group) is 1. The van der Waals surface area contributed by atoms with Crippen molar-refractivity contribution in [1.82, 2.24) is 10.6 Å². The molecule has 0 heterocycles. The van der Waals surface area contributed by atoms with Gasteiger partial charge in [0, 0.05) is 19.5 Å². The molecule has 1 amide bonds. The van der Waals surface area contributed by atoms with Gasteiger partial charge < -0.3 is 21.1 Å². The van der Waals surface area contributed by atoms with Crippen molar-refractivity contribution in [3.8, 4) is 0 Å². The smallest absolute Gasteiger partial charge is 0.220 e. The van der Waals surface area contributed by atoms with E-state index >= 15 is 0 Å². The lowest BCUT2D eigenvalue weighted by molar-refractivity contribution is -0.122. The van der Waals surface area contributed by atoms with E-state index in [0.717, 1.165) is 6.54 Å². The van der Waals surface area contributed by atoms with Crippen molar-refractivity contribution >= 4 is 11.7 Å². The molecule has 6 heteroatoms. The molecule has 0 aliphatic rings. The number of carbonyl (C=O) groups is 2. The molecular weight excluding hydrogens is 222 g/mol. The Balaban J connectivity index is 3.38. The molecule has 0 fully saturated rings. The molecule has 100 valence electrons. The SMILES string of the molecule is CNCCOCCNC(=O)CCC(N)C(C)=O. The molecule has 0 saturated carbocycles. The standard InChI is InChI=1S/C11H23N3O3/c1-9(15)10(12)3-4-11(16)14-6-8-17-7-5-13-2/h10,13H,3-8,12H2,1-2H3,(H,14,16). The van der Waals surface area contributed by atoms with Gasteiger partial charge >= 0.3 is 0 Å². The number of hydrogen-bond acceptors (Lipinski definition) is 5. The quantitative estimate of drug-likeness (QED) is 0.431. The Bertz CT molecular complexity index is 234. The van der Waals surface area contributed by atoms with Crippen LogP contribution in [0.25, 0.3) is 0 Å². The van der Waals surface area contributed by atoms with Crippen molar-refractivity contribution in [2.24, 2.45) is 5.73 Å². The fourth-order valence-corrected chi connectivity index (χ4v) is 1.12. The number of rotatable bonds is 10. The summed E-state index contributed by atoms with van der Waals surface area (Å²) in [6.45, 7) is 3.82. The van der Waals surface area contributed by atoms with Crippen LogP contribution in [0.4, 0.5) is 0 Å². The van der Waals surface area contributed by atoms with E-state index in [1.807, 2.05) is 7.05 Å². The highest BCUT2D eigenvalue weighted by molar-refractivity contribution is 5.82. The molecule has 4 N–H and O–H groups in total. The molecule has 0 aliphatic heterocycles. The first-order valence-electron chi connectivity index (χ1n) is 5.83. The summed E-state index contributed by atoms with van der Waals surface area (Å²) in [6, 6.07) is -0.535. The Morgan fingerprint density at radius 3 is 2.53 bits per heavy atom. The summed E-state index contributed by atoms with van der Waals surface area (Å²) >= 11 is 0. The van der Waals surface area contributed by atoms with Crippen LogP contribution in [0.2, 0.25) is 0 Å². The van der Waals surface area contributed by atoms with Gasteiger partial charge in [0.15, 0.2) is 0 Å². The van der Waals surface area contributed by atoms with Gasteiger partial charge in [-0.3, -0.25) is 9.59 Å². The highest BCUT2D eigenvalue weighted by Crippen LogP contribution is 1.95. The molecule has 0 aromatic rings. The Morgan fingerprint density at radius 1 is 1.29 bits per heavy atom. The van der Waals surface area contributed by atoms with Gasteiger partial charge in [-0.1, -0.05) is 0 Å². The zero-order chi connectivity index (χ0) is 13.1. The third kappa shape index (κ3) is 9.92. The van der Waals surface area contributed by atoms with Crippen LogP contribution >= 0.6 is 0 Å². The molecule has 0 aromatic carbocycles. The van der Waals surface area contributed by atoms with Gasteiger partial charge in [0.1, 0.15) is 5.78 Å². The van der Waals surface area contributed by atoms with Gasteiger partial charge in [-0.2, -0.15) is 0 Å². The van der Waals surface area contributed by atoms with Crippen molar-refractivity contribution in [1.29, 1.82) is 0 Å². The maximum absolute atomic E-state index is 11.3. The maximum Gasteiger partial charge on any atom is 0.220 e. The molecule has 0 saturated heterocycles. The Labute approximate surface area is 102 Å². The largest absolute Gasteiger partial charge is 0.378 e. The molecule has 0 bridgehead atoms. The molecule has 17 heavy (non-hydrogen) atoms. The Morgan fingerprint density at radius 2 is 1.94 bits per heavy atom. The Hall–Kier alpha value is -0.980. The van der Waals surface area contributed by atoms with Crippen LogP contribution in [0.15, 0.2) is 0 Å². The molecule has 6 nitrogen and oxygen atoms in total. The van der Waals surface area contributed by atoms with Gasteiger partial charge in [0.05, 0.1) is 19.3 Å². The molecular formula is C11H23N3O3. The van der Waals surface area contributed by atoms with E-state index in [-0.39, 0.29) is 18.1 Å². The lowest BCUT2D eigenvalue weighted by Crippen LogP contribution is -2.32. The first-order valence-corrected chi connectivity index (χ1v) is 5.83. The van der Waals surface area contributed by atoms with Gasteiger partial charge in [-0.05, 0) is 20.4 Å². The van der Waals surface area contributed by atoms with E-state index in [2.05, 4.69) is 10.6 Å². The summed E-state index contributed by atoms with van der Waals surface area (Å²) in [4.78, 5) is 22.1. The zero-order valence-electron chi connectivity index (χ0n) is 10.6. The minimum absolute atomic E-state index is 0.0896. The highest BCUT2D eigenvalue weighted by Gasteiger charge is 2.10. The van der Waals surface area contributed by atoms with E-state index in [4.69, 9.17) is 10.5 Å². The fourth-order valence-electron chi connectivity index (χ4n) is 1.12. The summed E-state index contributed by atoms with van der Waals surface area (Å²) < 4.78 is 5.23. The second-order valence-electron chi connectivity index (χ2n) is 3.82. The van der Waals surface area contributed by atoms with Crippen molar-refractivity contribution in [3.05, 3.63) is 0 Å². The molecule has 0 aliphatic carbocycles. The third-order valence-corrected chi connectivity index (χ3v) is 2.27. The Kier molecular flexibility index (Phi) is 9.60. The summed E-state index contributed by atoms with van der Waals surface area (Å²) in [5, 5.41) is 5.66. The number of Topliss-reactive ketones (excluding diaryl/α,β-unsaturated/α-hetero) is 1.